The molecule has 0 spiro atoms. The van der Waals surface area contributed by atoms with Crippen LogP contribution in [0.5, 0.6) is 0 Å². The monoisotopic (exact) mass is 195 g/mol. The zero-order chi connectivity index (χ0) is 9.84. The molecule has 1 unspecified atom stereocenters. The number of nitrogens with two attached hydrogens (primary N) is 1. The smallest absolute Gasteiger partial charge is 0.0181 e. The second kappa shape index (κ2) is 4.74. The van der Waals surface area contributed by atoms with E-state index in [-0.39, 0.29) is 0 Å². The first-order chi connectivity index (χ1) is 6.22. The summed E-state index contributed by atoms with van der Waals surface area (Å²) in [5.74, 6) is 0. The molecule has 2 N–H and O–H groups in total. The Bertz CT molecular complexity index is 294. The lowest BCUT2D eigenvalue weighted by atomic mass is 10.0. The maximum atomic E-state index is 5.70. The minimum Gasteiger partial charge on any atom is -0.326 e. The number of benzene rings is 1. The Morgan fingerprint density at radius 3 is 2.46 bits per heavy atom. The quantitative estimate of drug-likeness (QED) is 0.733. The van der Waals surface area contributed by atoms with Crippen LogP contribution >= 0.6 is 8.58 Å². The third kappa shape index (κ3) is 2.30. The van der Waals surface area contributed by atoms with Crippen molar-refractivity contribution in [2.24, 2.45) is 5.73 Å². The molecule has 1 aromatic rings. The van der Waals surface area contributed by atoms with Gasteiger partial charge in [-0.15, -0.1) is 0 Å². The summed E-state index contributed by atoms with van der Waals surface area (Å²) in [5.41, 5.74) is 9.84. The summed E-state index contributed by atoms with van der Waals surface area (Å²) in [5, 5.41) is 1.46. The highest BCUT2D eigenvalue weighted by atomic mass is 31.1. The van der Waals surface area contributed by atoms with E-state index >= 15 is 0 Å². The third-order valence-electron chi connectivity index (χ3n) is 2.42. The molecule has 1 aromatic carbocycles. The van der Waals surface area contributed by atoms with Crippen molar-refractivity contribution >= 4 is 13.9 Å². The van der Waals surface area contributed by atoms with Gasteiger partial charge in [0.15, 0.2) is 0 Å². The summed E-state index contributed by atoms with van der Waals surface area (Å²) < 4.78 is 0. The zero-order valence-corrected chi connectivity index (χ0v) is 9.65. The molecular formula is C11H18NP. The SMILES string of the molecule is CCc1cc(C)c(PC)cc1CN. The van der Waals surface area contributed by atoms with Crippen molar-refractivity contribution in [3.63, 3.8) is 0 Å². The highest BCUT2D eigenvalue weighted by Gasteiger charge is 2.03. The Hall–Kier alpha value is -0.390. The second-order valence-electron chi connectivity index (χ2n) is 3.24. The number of aryl methyl sites for hydroxylation is 2. The fourth-order valence-electron chi connectivity index (χ4n) is 1.60. The zero-order valence-electron chi connectivity index (χ0n) is 8.65. The molecule has 0 aliphatic rings. The van der Waals surface area contributed by atoms with Crippen LogP contribution in [0.1, 0.15) is 23.6 Å². The Balaban J connectivity index is 3.18. The highest BCUT2D eigenvalue weighted by Crippen LogP contribution is 2.15. The van der Waals surface area contributed by atoms with Crippen LogP contribution in [-0.2, 0) is 13.0 Å². The summed E-state index contributed by atoms with van der Waals surface area (Å²) in [6.07, 6.45) is 1.08. The van der Waals surface area contributed by atoms with Gasteiger partial charge in [-0.3, -0.25) is 0 Å². The maximum absolute atomic E-state index is 5.70. The summed E-state index contributed by atoms with van der Waals surface area (Å²) in [4.78, 5) is 0. The first kappa shape index (κ1) is 10.7. The lowest BCUT2D eigenvalue weighted by Gasteiger charge is -2.10. The molecule has 0 radical (unpaired) electrons. The largest absolute Gasteiger partial charge is 0.326 e. The Kier molecular flexibility index (Phi) is 3.90. The van der Waals surface area contributed by atoms with Gasteiger partial charge in [-0.1, -0.05) is 21.6 Å². The van der Waals surface area contributed by atoms with E-state index < -0.39 is 0 Å². The van der Waals surface area contributed by atoms with E-state index in [1.165, 1.54) is 22.0 Å². The van der Waals surface area contributed by atoms with Crippen LogP contribution in [0.25, 0.3) is 0 Å². The van der Waals surface area contributed by atoms with Gasteiger partial charge in [0.1, 0.15) is 0 Å². The van der Waals surface area contributed by atoms with E-state index in [0.717, 1.165) is 15.0 Å². The predicted octanol–water partition coefficient (Wildman–Crippen LogP) is 1.95. The molecule has 1 atom stereocenters. The fraction of sp³-hybridized carbons (Fsp3) is 0.455. The molecule has 0 aromatic heterocycles. The first-order valence-corrected chi connectivity index (χ1v) is 6.23. The molecule has 0 saturated heterocycles. The topological polar surface area (TPSA) is 26.0 Å². The molecule has 72 valence electrons. The van der Waals surface area contributed by atoms with E-state index in [0.29, 0.717) is 6.54 Å². The summed E-state index contributed by atoms with van der Waals surface area (Å²) in [6.45, 7) is 7.25. The molecule has 13 heavy (non-hydrogen) atoms. The van der Waals surface area contributed by atoms with Crippen molar-refractivity contribution < 1.29 is 0 Å². The van der Waals surface area contributed by atoms with Gasteiger partial charge in [0.05, 0.1) is 0 Å². The molecule has 2 heteroatoms. The van der Waals surface area contributed by atoms with Gasteiger partial charge < -0.3 is 5.73 Å². The van der Waals surface area contributed by atoms with Crippen molar-refractivity contribution in [1.82, 2.24) is 0 Å². The van der Waals surface area contributed by atoms with Crippen LogP contribution in [0.4, 0.5) is 0 Å². The van der Waals surface area contributed by atoms with Crippen LogP contribution in [0.3, 0.4) is 0 Å². The normalized spacial score (nSPS) is 11.4. The summed E-state index contributed by atoms with van der Waals surface area (Å²) >= 11 is 0. The average molecular weight is 195 g/mol. The summed E-state index contributed by atoms with van der Waals surface area (Å²) in [7, 11) is 0.871. The first-order valence-electron chi connectivity index (χ1n) is 4.73. The fourth-order valence-corrected chi connectivity index (χ4v) is 2.39. The second-order valence-corrected chi connectivity index (χ2v) is 4.28. The van der Waals surface area contributed by atoms with Crippen LogP contribution in [0, 0.1) is 6.92 Å². The molecule has 0 fully saturated rings. The predicted molar refractivity (Wildman–Crippen MR) is 62.3 cm³/mol. The molecule has 0 aliphatic heterocycles. The maximum Gasteiger partial charge on any atom is 0.0181 e. The van der Waals surface area contributed by atoms with Crippen LogP contribution in [0.2, 0.25) is 0 Å². The number of hydrogen-bond acceptors (Lipinski definition) is 1. The Morgan fingerprint density at radius 1 is 1.31 bits per heavy atom. The van der Waals surface area contributed by atoms with Crippen LogP contribution in [-0.4, -0.2) is 6.66 Å². The highest BCUT2D eigenvalue weighted by molar-refractivity contribution is 7.46. The van der Waals surface area contributed by atoms with Gasteiger partial charge in [-0.25, -0.2) is 0 Å². The van der Waals surface area contributed by atoms with Crippen molar-refractivity contribution in [2.45, 2.75) is 26.8 Å². The van der Waals surface area contributed by atoms with Gasteiger partial charge in [0.25, 0.3) is 0 Å². The molecule has 1 nitrogen and oxygen atoms in total. The van der Waals surface area contributed by atoms with E-state index in [1.54, 1.807) is 0 Å². The molecular weight excluding hydrogens is 177 g/mol. The van der Waals surface area contributed by atoms with Crippen LogP contribution in [0.15, 0.2) is 12.1 Å². The van der Waals surface area contributed by atoms with Crippen molar-refractivity contribution in [3.8, 4) is 0 Å². The van der Waals surface area contributed by atoms with Crippen molar-refractivity contribution in [2.75, 3.05) is 6.66 Å². The number of hydrogen-bond donors (Lipinski definition) is 1. The molecule has 0 heterocycles. The van der Waals surface area contributed by atoms with Gasteiger partial charge >= 0.3 is 0 Å². The summed E-state index contributed by atoms with van der Waals surface area (Å²) in [6, 6.07) is 4.56. The minimum absolute atomic E-state index is 0.668. The molecule has 0 amide bonds. The van der Waals surface area contributed by atoms with Gasteiger partial charge in [-0.2, -0.15) is 0 Å². The molecule has 0 aliphatic carbocycles. The van der Waals surface area contributed by atoms with E-state index in [1.807, 2.05) is 0 Å². The van der Waals surface area contributed by atoms with Crippen molar-refractivity contribution in [3.05, 3.63) is 28.8 Å². The molecule has 1 rings (SSSR count). The minimum atomic E-state index is 0.668. The Labute approximate surface area is 82.5 Å². The Morgan fingerprint density at radius 2 is 2.00 bits per heavy atom. The van der Waals surface area contributed by atoms with Gasteiger partial charge in [0, 0.05) is 6.54 Å². The van der Waals surface area contributed by atoms with Gasteiger partial charge in [0.2, 0.25) is 0 Å². The molecule has 0 saturated carbocycles. The lowest BCUT2D eigenvalue weighted by molar-refractivity contribution is 1.00. The molecule has 0 bridgehead atoms. The van der Waals surface area contributed by atoms with Crippen LogP contribution < -0.4 is 11.0 Å². The van der Waals surface area contributed by atoms with E-state index in [4.69, 9.17) is 5.73 Å². The van der Waals surface area contributed by atoms with Gasteiger partial charge in [-0.05, 0) is 48.1 Å². The van der Waals surface area contributed by atoms with Crippen molar-refractivity contribution in [1.29, 1.82) is 0 Å². The van der Waals surface area contributed by atoms with E-state index in [2.05, 4.69) is 32.6 Å². The average Bonchev–Trinajstić information content (AvgIpc) is 2.17. The third-order valence-corrected chi connectivity index (χ3v) is 3.49. The number of rotatable bonds is 3. The van der Waals surface area contributed by atoms with E-state index in [9.17, 15) is 0 Å². The lowest BCUT2D eigenvalue weighted by Crippen LogP contribution is -2.08. The standard InChI is InChI=1S/C11H18NP/c1-4-9-5-8(2)11(13-3)6-10(9)7-12/h5-6,13H,4,7,12H2,1-3H3.